The third-order valence-electron chi connectivity index (χ3n) is 2.61. The van der Waals surface area contributed by atoms with Crippen LogP contribution in [0.25, 0.3) is 0 Å². The van der Waals surface area contributed by atoms with Crippen LogP contribution in [0.1, 0.15) is 36.3 Å². The second-order valence-electron chi connectivity index (χ2n) is 4.41. The number of alkyl halides is 1. The first-order valence-corrected chi connectivity index (χ1v) is 8.32. The molecule has 0 saturated carbocycles. The maximum atomic E-state index is 11.1. The number of rotatable bonds is 6. The van der Waals surface area contributed by atoms with Gasteiger partial charge in [0.25, 0.3) is 0 Å². The fourth-order valence-corrected chi connectivity index (χ4v) is 3.19. The van der Waals surface area contributed by atoms with Crippen LogP contribution in [-0.4, -0.2) is 20.4 Å². The minimum atomic E-state index is -3.03. The van der Waals surface area contributed by atoms with Crippen LogP contribution in [0.3, 0.4) is 0 Å². The summed E-state index contributed by atoms with van der Waals surface area (Å²) in [6, 6.07) is 7.91. The molecule has 1 aromatic rings. The summed E-state index contributed by atoms with van der Waals surface area (Å²) in [5.74, 6) is -0.0110. The Morgan fingerprint density at radius 1 is 1.24 bits per heavy atom. The quantitative estimate of drug-likeness (QED) is 0.746. The topological polar surface area (TPSA) is 34.1 Å². The molecule has 0 spiro atoms. The van der Waals surface area contributed by atoms with E-state index in [-0.39, 0.29) is 5.75 Å². The number of unbranched alkanes of at least 4 members (excludes halogenated alkanes) is 1. The standard InChI is InChI=1S/C13H19ClO2S/c1-3-4-5-11-6-8-12(9-7-11)13(14)10-17(2,15)16/h6-9,13H,3-5,10H2,1-2H3. The summed E-state index contributed by atoms with van der Waals surface area (Å²) < 4.78 is 22.3. The van der Waals surface area contributed by atoms with Crippen molar-refractivity contribution in [3.8, 4) is 0 Å². The Labute approximate surface area is 109 Å². The smallest absolute Gasteiger partial charge is 0.149 e. The van der Waals surface area contributed by atoms with Crippen molar-refractivity contribution in [2.45, 2.75) is 31.6 Å². The van der Waals surface area contributed by atoms with Crippen LogP contribution in [0, 0.1) is 0 Å². The molecule has 0 aliphatic carbocycles. The van der Waals surface area contributed by atoms with Crippen molar-refractivity contribution in [1.29, 1.82) is 0 Å². The largest absolute Gasteiger partial charge is 0.229 e. The first-order chi connectivity index (χ1) is 7.92. The summed E-state index contributed by atoms with van der Waals surface area (Å²) >= 11 is 6.07. The van der Waals surface area contributed by atoms with Gasteiger partial charge in [-0.05, 0) is 24.0 Å². The molecule has 0 radical (unpaired) electrons. The lowest BCUT2D eigenvalue weighted by Gasteiger charge is -2.09. The molecule has 1 unspecified atom stereocenters. The van der Waals surface area contributed by atoms with Gasteiger partial charge >= 0.3 is 0 Å². The molecule has 2 nitrogen and oxygen atoms in total. The fraction of sp³-hybridized carbons (Fsp3) is 0.538. The van der Waals surface area contributed by atoms with Gasteiger partial charge < -0.3 is 0 Å². The van der Waals surface area contributed by atoms with Crippen molar-refractivity contribution >= 4 is 21.4 Å². The molecule has 0 bridgehead atoms. The van der Waals surface area contributed by atoms with E-state index >= 15 is 0 Å². The average molecular weight is 275 g/mol. The zero-order chi connectivity index (χ0) is 12.9. The molecule has 0 N–H and O–H groups in total. The predicted octanol–water partition coefficient (Wildman–Crippen LogP) is 3.35. The second-order valence-corrected chi connectivity index (χ2v) is 7.12. The summed E-state index contributed by atoms with van der Waals surface area (Å²) in [4.78, 5) is 0. The van der Waals surface area contributed by atoms with Crippen LogP contribution >= 0.6 is 11.6 Å². The van der Waals surface area contributed by atoms with Gasteiger partial charge in [-0.1, -0.05) is 37.6 Å². The normalized spacial score (nSPS) is 13.6. The van der Waals surface area contributed by atoms with Crippen molar-refractivity contribution in [3.63, 3.8) is 0 Å². The molecule has 1 rings (SSSR count). The molecule has 0 aliphatic heterocycles. The van der Waals surface area contributed by atoms with Crippen LogP contribution in [0.2, 0.25) is 0 Å². The highest BCUT2D eigenvalue weighted by atomic mass is 35.5. The van der Waals surface area contributed by atoms with Crippen LogP contribution < -0.4 is 0 Å². The lowest BCUT2D eigenvalue weighted by atomic mass is 10.1. The number of benzene rings is 1. The third kappa shape index (κ3) is 5.55. The Morgan fingerprint density at radius 2 is 1.82 bits per heavy atom. The van der Waals surface area contributed by atoms with E-state index in [1.807, 2.05) is 24.3 Å². The van der Waals surface area contributed by atoms with Crippen molar-refractivity contribution in [1.82, 2.24) is 0 Å². The molecule has 1 atom stereocenters. The highest BCUT2D eigenvalue weighted by molar-refractivity contribution is 7.90. The first kappa shape index (κ1) is 14.5. The first-order valence-electron chi connectivity index (χ1n) is 5.83. The highest BCUT2D eigenvalue weighted by Crippen LogP contribution is 2.22. The van der Waals surface area contributed by atoms with Gasteiger partial charge in [-0.25, -0.2) is 8.42 Å². The Kier molecular flexibility index (Phi) is 5.47. The molecule has 1 aromatic carbocycles. The number of hydrogen-bond acceptors (Lipinski definition) is 2. The van der Waals surface area contributed by atoms with Gasteiger partial charge in [-0.15, -0.1) is 11.6 Å². The van der Waals surface area contributed by atoms with E-state index in [2.05, 4.69) is 6.92 Å². The summed E-state index contributed by atoms with van der Waals surface area (Å²) in [6.45, 7) is 2.16. The maximum absolute atomic E-state index is 11.1. The van der Waals surface area contributed by atoms with E-state index < -0.39 is 15.2 Å². The zero-order valence-electron chi connectivity index (χ0n) is 10.3. The van der Waals surface area contributed by atoms with E-state index in [4.69, 9.17) is 11.6 Å². The highest BCUT2D eigenvalue weighted by Gasteiger charge is 2.14. The molecule has 0 aliphatic rings. The van der Waals surface area contributed by atoms with E-state index in [1.165, 1.54) is 24.7 Å². The van der Waals surface area contributed by atoms with Crippen LogP contribution in [0.15, 0.2) is 24.3 Å². The molecule has 0 aromatic heterocycles. The second kappa shape index (κ2) is 6.41. The van der Waals surface area contributed by atoms with Gasteiger partial charge in [0.1, 0.15) is 9.84 Å². The van der Waals surface area contributed by atoms with E-state index in [9.17, 15) is 8.42 Å². The zero-order valence-corrected chi connectivity index (χ0v) is 11.9. The Hall–Kier alpha value is -0.540. The van der Waals surface area contributed by atoms with Crippen LogP contribution in [-0.2, 0) is 16.3 Å². The minimum Gasteiger partial charge on any atom is -0.229 e. The number of sulfone groups is 1. The fourth-order valence-electron chi connectivity index (χ4n) is 1.64. The summed E-state index contributed by atoms with van der Waals surface area (Å²) in [7, 11) is -3.03. The van der Waals surface area contributed by atoms with Gasteiger partial charge in [-0.2, -0.15) is 0 Å². The average Bonchev–Trinajstić information content (AvgIpc) is 2.24. The number of halogens is 1. The molecule has 0 saturated heterocycles. The Balaban J connectivity index is 2.67. The van der Waals surface area contributed by atoms with E-state index in [1.54, 1.807) is 0 Å². The van der Waals surface area contributed by atoms with E-state index in [0.29, 0.717) is 0 Å². The summed E-state index contributed by atoms with van der Waals surface area (Å²) in [5.41, 5.74) is 2.15. The minimum absolute atomic E-state index is 0.0110. The van der Waals surface area contributed by atoms with Crippen LogP contribution in [0.5, 0.6) is 0 Å². The molecule has 0 fully saturated rings. The molecule has 4 heteroatoms. The molecule has 0 amide bonds. The molecule has 0 heterocycles. The van der Waals surface area contributed by atoms with Crippen molar-refractivity contribution in [2.75, 3.05) is 12.0 Å². The SMILES string of the molecule is CCCCc1ccc(C(Cl)CS(C)(=O)=O)cc1. The predicted molar refractivity (Wildman–Crippen MR) is 73.4 cm³/mol. The van der Waals surface area contributed by atoms with Gasteiger partial charge in [0.05, 0.1) is 11.1 Å². The maximum Gasteiger partial charge on any atom is 0.149 e. The molecular formula is C13H19ClO2S. The van der Waals surface area contributed by atoms with Gasteiger partial charge in [0.15, 0.2) is 0 Å². The van der Waals surface area contributed by atoms with Crippen molar-refractivity contribution < 1.29 is 8.42 Å². The summed E-state index contributed by atoms with van der Waals surface area (Å²) in [5, 5.41) is -0.453. The van der Waals surface area contributed by atoms with Crippen LogP contribution in [0.4, 0.5) is 0 Å². The molecular weight excluding hydrogens is 256 g/mol. The Morgan fingerprint density at radius 3 is 2.29 bits per heavy atom. The molecule has 96 valence electrons. The molecule has 17 heavy (non-hydrogen) atoms. The van der Waals surface area contributed by atoms with Gasteiger partial charge in [0.2, 0.25) is 0 Å². The number of hydrogen-bond donors (Lipinski definition) is 0. The van der Waals surface area contributed by atoms with Crippen molar-refractivity contribution in [3.05, 3.63) is 35.4 Å². The summed E-state index contributed by atoms with van der Waals surface area (Å²) in [6.07, 6.45) is 4.62. The van der Waals surface area contributed by atoms with Gasteiger partial charge in [-0.3, -0.25) is 0 Å². The van der Waals surface area contributed by atoms with Gasteiger partial charge in [0, 0.05) is 6.26 Å². The number of aryl methyl sites for hydroxylation is 1. The Bertz CT molecular complexity index is 437. The van der Waals surface area contributed by atoms with E-state index in [0.717, 1.165) is 12.0 Å². The lowest BCUT2D eigenvalue weighted by molar-refractivity contribution is 0.600. The monoisotopic (exact) mass is 274 g/mol. The van der Waals surface area contributed by atoms with Crippen molar-refractivity contribution in [2.24, 2.45) is 0 Å². The third-order valence-corrected chi connectivity index (χ3v) is 4.14. The lowest BCUT2D eigenvalue weighted by Crippen LogP contribution is -2.08.